The van der Waals surface area contributed by atoms with Crippen molar-refractivity contribution in [1.29, 1.82) is 0 Å². The Kier molecular flexibility index (Phi) is 29.3. The van der Waals surface area contributed by atoms with Gasteiger partial charge in [0.2, 0.25) is 0 Å². The van der Waals surface area contributed by atoms with Gasteiger partial charge in [-0.1, -0.05) is 95.8 Å². The summed E-state index contributed by atoms with van der Waals surface area (Å²) in [6.07, 6.45) is 23.8. The number of unbranched alkanes of at least 4 members (excludes halogenated alkanes) is 15. The lowest BCUT2D eigenvalue weighted by molar-refractivity contribution is -0.173. The van der Waals surface area contributed by atoms with Crippen LogP contribution in [-0.2, 0) is 9.59 Å². The number of nitrogens with two attached hydrogens (primary N) is 1. The van der Waals surface area contributed by atoms with Crippen molar-refractivity contribution >= 4 is 11.7 Å². The fourth-order valence-corrected chi connectivity index (χ4v) is 3.70. The molecule has 0 unspecified atom stereocenters. The van der Waals surface area contributed by atoms with Gasteiger partial charge in [-0.2, -0.15) is 13.2 Å². The van der Waals surface area contributed by atoms with Crippen LogP contribution in [0.2, 0.25) is 0 Å². The van der Waals surface area contributed by atoms with Gasteiger partial charge in [-0.25, -0.2) is 0 Å². The second kappa shape index (κ2) is 28.9. The maximum Gasteiger partial charge on any atom is 0.471 e. The molecule has 0 rings (SSSR count). The maximum atomic E-state index is 11.9. The number of amides is 1. The van der Waals surface area contributed by atoms with E-state index >= 15 is 0 Å². The quantitative estimate of drug-likeness (QED) is 0.0785. The summed E-state index contributed by atoms with van der Waals surface area (Å²) >= 11 is 0. The Morgan fingerprint density at radius 3 is 1.81 bits per heavy atom. The molecule has 0 saturated carbocycles. The lowest BCUT2D eigenvalue weighted by Gasteiger charge is -2.07. The van der Waals surface area contributed by atoms with Crippen molar-refractivity contribution in [2.75, 3.05) is 13.1 Å². The van der Waals surface area contributed by atoms with E-state index in [2.05, 4.69) is 26.0 Å². The maximum absolute atomic E-state index is 11.9. The van der Waals surface area contributed by atoms with Crippen molar-refractivity contribution in [3.8, 4) is 0 Å². The molecular formula is C30H55F3N2O2. The van der Waals surface area contributed by atoms with Gasteiger partial charge in [0.1, 0.15) is 0 Å². The minimum Gasteiger partial charge on any atom is -0.348 e. The summed E-state index contributed by atoms with van der Waals surface area (Å²) in [7, 11) is 0. The van der Waals surface area contributed by atoms with E-state index < -0.39 is 12.1 Å². The number of hydrogen-bond donors (Lipinski definition) is 2. The SMILES string of the molecule is CC=CCCCCCCCN.CCCCCCCCC(=O)/C=C/CCCCCCCNC(=O)C(F)(F)F. The molecule has 0 fully saturated rings. The van der Waals surface area contributed by atoms with E-state index in [1.54, 1.807) is 6.08 Å². The van der Waals surface area contributed by atoms with Crippen LogP contribution in [0.3, 0.4) is 0 Å². The summed E-state index contributed by atoms with van der Waals surface area (Å²) in [6.45, 7) is 5.18. The third-order valence-electron chi connectivity index (χ3n) is 5.98. The number of alkyl halides is 3. The highest BCUT2D eigenvalue weighted by atomic mass is 19.4. The van der Waals surface area contributed by atoms with Crippen LogP contribution in [-0.4, -0.2) is 31.0 Å². The molecule has 37 heavy (non-hydrogen) atoms. The average Bonchev–Trinajstić information content (AvgIpc) is 2.86. The molecule has 0 aromatic heterocycles. The van der Waals surface area contributed by atoms with Crippen LogP contribution in [0.4, 0.5) is 13.2 Å². The number of carbonyl (C=O) groups excluding carboxylic acids is 2. The van der Waals surface area contributed by atoms with Crippen LogP contribution in [0.5, 0.6) is 0 Å². The molecule has 218 valence electrons. The Bertz CT molecular complexity index is 576. The van der Waals surface area contributed by atoms with Crippen LogP contribution in [0.1, 0.15) is 136 Å². The van der Waals surface area contributed by atoms with Gasteiger partial charge in [0, 0.05) is 13.0 Å². The molecule has 7 heteroatoms. The lowest BCUT2D eigenvalue weighted by Crippen LogP contribution is -2.37. The Morgan fingerprint density at radius 1 is 0.730 bits per heavy atom. The molecule has 0 spiro atoms. The summed E-state index contributed by atoms with van der Waals surface area (Å²) in [5.41, 5.74) is 5.38. The van der Waals surface area contributed by atoms with Crippen LogP contribution in [0, 0.1) is 0 Å². The zero-order valence-electron chi connectivity index (χ0n) is 23.7. The molecule has 0 atom stereocenters. The van der Waals surface area contributed by atoms with Crippen molar-refractivity contribution in [3.05, 3.63) is 24.3 Å². The van der Waals surface area contributed by atoms with Crippen LogP contribution < -0.4 is 11.1 Å². The topological polar surface area (TPSA) is 72.2 Å². The van der Waals surface area contributed by atoms with Crippen molar-refractivity contribution in [2.24, 2.45) is 5.73 Å². The Labute approximate surface area is 225 Å². The van der Waals surface area contributed by atoms with E-state index in [9.17, 15) is 22.8 Å². The van der Waals surface area contributed by atoms with Crippen molar-refractivity contribution < 1.29 is 22.8 Å². The molecule has 0 heterocycles. The zero-order valence-corrected chi connectivity index (χ0v) is 23.7. The molecular weight excluding hydrogens is 477 g/mol. The Hall–Kier alpha value is -1.63. The van der Waals surface area contributed by atoms with Crippen LogP contribution >= 0.6 is 0 Å². The average molecular weight is 533 g/mol. The minimum atomic E-state index is -4.79. The Balaban J connectivity index is 0. The third-order valence-corrected chi connectivity index (χ3v) is 5.98. The molecule has 4 nitrogen and oxygen atoms in total. The highest BCUT2D eigenvalue weighted by molar-refractivity contribution is 5.89. The Morgan fingerprint density at radius 2 is 1.24 bits per heavy atom. The van der Waals surface area contributed by atoms with Gasteiger partial charge in [-0.05, 0) is 64.5 Å². The minimum absolute atomic E-state index is 0.0607. The first-order valence-electron chi connectivity index (χ1n) is 14.6. The largest absolute Gasteiger partial charge is 0.471 e. The van der Waals surface area contributed by atoms with E-state index in [1.165, 1.54) is 64.2 Å². The molecule has 0 radical (unpaired) electrons. The van der Waals surface area contributed by atoms with E-state index in [-0.39, 0.29) is 12.3 Å². The van der Waals surface area contributed by atoms with E-state index in [4.69, 9.17) is 5.73 Å². The van der Waals surface area contributed by atoms with Crippen molar-refractivity contribution in [2.45, 2.75) is 142 Å². The molecule has 0 aliphatic rings. The van der Waals surface area contributed by atoms with Gasteiger partial charge in [0.15, 0.2) is 5.78 Å². The van der Waals surface area contributed by atoms with Gasteiger partial charge in [-0.15, -0.1) is 0 Å². The second-order valence-electron chi connectivity index (χ2n) is 9.61. The first-order chi connectivity index (χ1) is 17.8. The third kappa shape index (κ3) is 32.3. The number of rotatable bonds is 23. The summed E-state index contributed by atoms with van der Waals surface area (Å²) in [4.78, 5) is 22.2. The predicted molar refractivity (Wildman–Crippen MR) is 150 cm³/mol. The van der Waals surface area contributed by atoms with Gasteiger partial charge >= 0.3 is 12.1 Å². The summed E-state index contributed by atoms with van der Waals surface area (Å²) in [5.74, 6) is -1.67. The standard InChI is InChI=1S/C20H34F3NO2.C10H21N/c1-2-3-4-5-9-12-15-18(25)16-13-10-7-6-8-11-14-17-24-19(26)20(21,22)23;1-2-3-4-5-6-7-8-9-10-11/h13,16H,2-12,14-15,17H2,1H3,(H,24,26);2-3H,4-11H2,1H3/b16-13+;. The number of nitrogens with one attached hydrogen (secondary N) is 1. The van der Waals surface area contributed by atoms with Crippen LogP contribution in [0.15, 0.2) is 24.3 Å². The molecule has 1 amide bonds. The monoisotopic (exact) mass is 532 g/mol. The zero-order chi connectivity index (χ0) is 28.0. The fraction of sp³-hybridized carbons (Fsp3) is 0.800. The molecule has 0 aliphatic heterocycles. The van der Waals surface area contributed by atoms with E-state index in [0.717, 1.165) is 51.5 Å². The van der Waals surface area contributed by atoms with Crippen molar-refractivity contribution in [1.82, 2.24) is 5.32 Å². The van der Waals surface area contributed by atoms with Gasteiger partial charge in [0.25, 0.3) is 0 Å². The highest BCUT2D eigenvalue weighted by Gasteiger charge is 2.38. The van der Waals surface area contributed by atoms with Gasteiger partial charge in [-0.3, -0.25) is 9.59 Å². The van der Waals surface area contributed by atoms with Crippen LogP contribution in [0.25, 0.3) is 0 Å². The number of halogens is 3. The van der Waals surface area contributed by atoms with Gasteiger partial charge < -0.3 is 11.1 Å². The molecule has 0 saturated heterocycles. The molecule has 0 aliphatic carbocycles. The normalized spacial score (nSPS) is 11.6. The number of ketones is 1. The molecule has 0 aromatic carbocycles. The predicted octanol–water partition coefficient (Wildman–Crippen LogP) is 8.74. The smallest absolute Gasteiger partial charge is 0.348 e. The number of allylic oxidation sites excluding steroid dienone is 4. The fourth-order valence-electron chi connectivity index (χ4n) is 3.70. The first-order valence-corrected chi connectivity index (χ1v) is 14.6. The molecule has 0 bridgehead atoms. The second-order valence-corrected chi connectivity index (χ2v) is 9.61. The summed E-state index contributed by atoms with van der Waals surface area (Å²) < 4.78 is 35.8. The number of carbonyl (C=O) groups is 2. The van der Waals surface area contributed by atoms with Gasteiger partial charge in [0.05, 0.1) is 0 Å². The van der Waals surface area contributed by atoms with E-state index in [0.29, 0.717) is 12.8 Å². The number of hydrogen-bond acceptors (Lipinski definition) is 3. The van der Waals surface area contributed by atoms with Crippen molar-refractivity contribution in [3.63, 3.8) is 0 Å². The molecule has 3 N–H and O–H groups in total. The van der Waals surface area contributed by atoms with E-state index in [1.807, 2.05) is 11.4 Å². The highest BCUT2D eigenvalue weighted by Crippen LogP contribution is 2.14. The summed E-state index contributed by atoms with van der Waals surface area (Å²) in [6, 6.07) is 0. The first kappa shape index (κ1) is 37.5. The lowest BCUT2D eigenvalue weighted by atomic mass is 10.1. The summed E-state index contributed by atoms with van der Waals surface area (Å²) in [5, 5.41) is 1.86. The molecule has 0 aromatic rings.